The molecule has 20 heavy (non-hydrogen) atoms. The number of likely N-dealkylation sites (tertiary alicyclic amines) is 1. The van der Waals surface area contributed by atoms with Crippen LogP contribution in [0, 0.1) is 0 Å². The molecule has 1 heterocycles. The third-order valence-corrected chi connectivity index (χ3v) is 4.55. The summed E-state index contributed by atoms with van der Waals surface area (Å²) in [5.74, 6) is 0.353. The molecule has 0 aromatic heterocycles. The van der Waals surface area contributed by atoms with E-state index >= 15 is 0 Å². The number of nitrogens with zero attached hydrogens (tertiary/aromatic N) is 1. The second-order valence-electron chi connectivity index (χ2n) is 5.55. The molecule has 1 aromatic carbocycles. The molecule has 1 unspecified atom stereocenters. The summed E-state index contributed by atoms with van der Waals surface area (Å²) in [6.07, 6.45) is 7.35. The third kappa shape index (κ3) is 4.62. The van der Waals surface area contributed by atoms with Gasteiger partial charge in [0, 0.05) is 24.3 Å². The van der Waals surface area contributed by atoms with Crippen molar-refractivity contribution in [2.75, 3.05) is 11.9 Å². The van der Waals surface area contributed by atoms with Crippen molar-refractivity contribution >= 4 is 21.8 Å². The molecule has 1 aliphatic heterocycles. The van der Waals surface area contributed by atoms with E-state index in [9.17, 15) is 4.79 Å². The molecule has 1 aliphatic rings. The molecule has 2 rings (SSSR count). The Balaban J connectivity index is 1.78. The first-order chi connectivity index (χ1) is 9.81. The highest BCUT2D eigenvalue weighted by atomic mass is 79.9. The summed E-state index contributed by atoms with van der Waals surface area (Å²) in [7, 11) is 0. The zero-order valence-corrected chi connectivity index (χ0v) is 13.6. The van der Waals surface area contributed by atoms with Crippen LogP contribution < -0.4 is 0 Å². The maximum Gasteiger partial charge on any atom is 0.222 e. The number of carbonyl (C=O) groups is 1. The van der Waals surface area contributed by atoms with Crippen LogP contribution in [0.5, 0.6) is 0 Å². The molecule has 0 saturated carbocycles. The van der Waals surface area contributed by atoms with Crippen LogP contribution in [0.1, 0.15) is 44.1 Å². The largest absolute Gasteiger partial charge is 0.340 e. The van der Waals surface area contributed by atoms with Crippen LogP contribution in [0.15, 0.2) is 30.3 Å². The van der Waals surface area contributed by atoms with Gasteiger partial charge in [-0.2, -0.15) is 0 Å². The SMILES string of the molecule is O=C(CCCc1ccccc1)N1CCCCC1CCBr. The Morgan fingerprint density at radius 1 is 1.25 bits per heavy atom. The van der Waals surface area contributed by atoms with E-state index < -0.39 is 0 Å². The summed E-state index contributed by atoms with van der Waals surface area (Å²) >= 11 is 3.51. The van der Waals surface area contributed by atoms with Gasteiger partial charge >= 0.3 is 0 Å². The number of amides is 1. The zero-order chi connectivity index (χ0) is 14.2. The molecule has 3 heteroatoms. The predicted octanol–water partition coefficient (Wildman–Crippen LogP) is 4.18. The van der Waals surface area contributed by atoms with Crippen molar-refractivity contribution in [1.29, 1.82) is 0 Å². The van der Waals surface area contributed by atoms with Gasteiger partial charge in [0.2, 0.25) is 5.91 Å². The van der Waals surface area contributed by atoms with E-state index in [2.05, 4.69) is 45.1 Å². The van der Waals surface area contributed by atoms with E-state index in [0.29, 0.717) is 18.4 Å². The molecule has 2 nitrogen and oxygen atoms in total. The highest BCUT2D eigenvalue weighted by molar-refractivity contribution is 9.09. The van der Waals surface area contributed by atoms with E-state index in [0.717, 1.165) is 31.1 Å². The molecule has 0 aliphatic carbocycles. The standard InChI is InChI=1S/C17H24BrNO/c18-13-12-16-10-4-5-14-19(16)17(20)11-6-9-15-7-2-1-3-8-15/h1-3,7-8,16H,4-6,9-14H2. The van der Waals surface area contributed by atoms with E-state index in [4.69, 9.17) is 0 Å². The van der Waals surface area contributed by atoms with Crippen LogP contribution in [0.25, 0.3) is 0 Å². The van der Waals surface area contributed by atoms with Crippen LogP contribution in [0.3, 0.4) is 0 Å². The van der Waals surface area contributed by atoms with Gasteiger partial charge in [-0.1, -0.05) is 46.3 Å². The van der Waals surface area contributed by atoms with Crippen molar-refractivity contribution in [2.24, 2.45) is 0 Å². The second kappa shape index (κ2) is 8.46. The molecule has 1 amide bonds. The van der Waals surface area contributed by atoms with Crippen molar-refractivity contribution in [2.45, 2.75) is 51.0 Å². The predicted molar refractivity (Wildman–Crippen MR) is 87.1 cm³/mol. The lowest BCUT2D eigenvalue weighted by Gasteiger charge is -2.35. The van der Waals surface area contributed by atoms with Gasteiger partial charge in [0.1, 0.15) is 0 Å². The topological polar surface area (TPSA) is 20.3 Å². The summed E-state index contributed by atoms with van der Waals surface area (Å²) < 4.78 is 0. The average Bonchev–Trinajstić information content (AvgIpc) is 2.49. The van der Waals surface area contributed by atoms with Gasteiger partial charge in [-0.15, -0.1) is 0 Å². The van der Waals surface area contributed by atoms with Gasteiger partial charge in [0.15, 0.2) is 0 Å². The summed E-state index contributed by atoms with van der Waals surface area (Å²) in [5, 5.41) is 0.992. The lowest BCUT2D eigenvalue weighted by molar-refractivity contribution is -0.135. The Hall–Kier alpha value is -0.830. The van der Waals surface area contributed by atoms with Crippen LogP contribution in [-0.4, -0.2) is 28.7 Å². The van der Waals surface area contributed by atoms with E-state index in [1.165, 1.54) is 24.8 Å². The maximum absolute atomic E-state index is 12.4. The van der Waals surface area contributed by atoms with Crippen molar-refractivity contribution < 1.29 is 4.79 Å². The molecular weight excluding hydrogens is 314 g/mol. The Morgan fingerprint density at radius 3 is 2.80 bits per heavy atom. The number of benzene rings is 1. The van der Waals surface area contributed by atoms with Crippen LogP contribution >= 0.6 is 15.9 Å². The lowest BCUT2D eigenvalue weighted by Crippen LogP contribution is -2.43. The van der Waals surface area contributed by atoms with Crippen molar-refractivity contribution in [3.8, 4) is 0 Å². The van der Waals surface area contributed by atoms with Crippen molar-refractivity contribution in [3.63, 3.8) is 0 Å². The molecule has 0 N–H and O–H groups in total. The first-order valence-corrected chi connectivity index (χ1v) is 8.83. The highest BCUT2D eigenvalue weighted by Crippen LogP contribution is 2.21. The summed E-state index contributed by atoms with van der Waals surface area (Å²) in [5.41, 5.74) is 1.33. The lowest BCUT2D eigenvalue weighted by atomic mass is 9.99. The summed E-state index contributed by atoms with van der Waals surface area (Å²) in [6.45, 7) is 0.960. The van der Waals surface area contributed by atoms with Crippen molar-refractivity contribution in [1.82, 2.24) is 4.90 Å². The number of aryl methyl sites for hydroxylation is 1. The first-order valence-electron chi connectivity index (χ1n) is 7.70. The third-order valence-electron chi connectivity index (χ3n) is 4.09. The Bertz CT molecular complexity index is 405. The minimum absolute atomic E-state index is 0.353. The highest BCUT2D eigenvalue weighted by Gasteiger charge is 2.25. The molecule has 110 valence electrons. The quantitative estimate of drug-likeness (QED) is 0.713. The fourth-order valence-electron chi connectivity index (χ4n) is 2.99. The fourth-order valence-corrected chi connectivity index (χ4v) is 3.52. The van der Waals surface area contributed by atoms with E-state index in [1.807, 2.05) is 6.07 Å². The zero-order valence-electron chi connectivity index (χ0n) is 12.1. The number of halogens is 1. The smallest absolute Gasteiger partial charge is 0.222 e. The maximum atomic E-state index is 12.4. The number of alkyl halides is 1. The Morgan fingerprint density at radius 2 is 2.05 bits per heavy atom. The van der Waals surface area contributed by atoms with Gasteiger partial charge < -0.3 is 4.90 Å². The number of rotatable bonds is 6. The molecule has 0 radical (unpaired) electrons. The molecule has 0 bridgehead atoms. The Labute approximate surface area is 130 Å². The monoisotopic (exact) mass is 337 g/mol. The number of hydrogen-bond acceptors (Lipinski definition) is 1. The number of carbonyl (C=O) groups excluding carboxylic acids is 1. The second-order valence-corrected chi connectivity index (χ2v) is 6.35. The molecule has 1 atom stereocenters. The first kappa shape index (κ1) is 15.6. The minimum atomic E-state index is 0.353. The fraction of sp³-hybridized carbons (Fsp3) is 0.588. The van der Waals surface area contributed by atoms with Gasteiger partial charge in [-0.25, -0.2) is 0 Å². The van der Waals surface area contributed by atoms with Gasteiger partial charge in [-0.3, -0.25) is 4.79 Å². The molecule has 1 saturated heterocycles. The number of hydrogen-bond donors (Lipinski definition) is 0. The van der Waals surface area contributed by atoms with Gasteiger partial charge in [0.05, 0.1) is 0 Å². The van der Waals surface area contributed by atoms with Gasteiger partial charge in [-0.05, 0) is 44.1 Å². The van der Waals surface area contributed by atoms with E-state index in [-0.39, 0.29) is 0 Å². The normalized spacial score (nSPS) is 19.1. The van der Waals surface area contributed by atoms with Crippen LogP contribution in [-0.2, 0) is 11.2 Å². The Kier molecular flexibility index (Phi) is 6.58. The summed E-state index contributed by atoms with van der Waals surface area (Å²) in [6, 6.07) is 10.9. The van der Waals surface area contributed by atoms with Crippen molar-refractivity contribution in [3.05, 3.63) is 35.9 Å². The number of piperidine rings is 1. The summed E-state index contributed by atoms with van der Waals surface area (Å²) in [4.78, 5) is 14.5. The minimum Gasteiger partial charge on any atom is -0.340 e. The average molecular weight is 338 g/mol. The van der Waals surface area contributed by atoms with E-state index in [1.54, 1.807) is 0 Å². The van der Waals surface area contributed by atoms with Crippen LogP contribution in [0.2, 0.25) is 0 Å². The molecule has 1 aromatic rings. The molecule has 1 fully saturated rings. The molecule has 0 spiro atoms. The van der Waals surface area contributed by atoms with Gasteiger partial charge in [0.25, 0.3) is 0 Å². The van der Waals surface area contributed by atoms with Crippen LogP contribution in [0.4, 0.5) is 0 Å². The molecular formula is C17H24BrNO.